The van der Waals surface area contributed by atoms with Crippen LogP contribution in [0.15, 0.2) is 36.9 Å². The average Bonchev–Trinajstić information content (AvgIpc) is 3.27. The Balaban J connectivity index is 1.78. The second-order valence-electron chi connectivity index (χ2n) is 6.99. The zero-order valence-corrected chi connectivity index (χ0v) is 17.5. The summed E-state index contributed by atoms with van der Waals surface area (Å²) in [6.45, 7) is 3.98. The second-order valence-corrected chi connectivity index (χ2v) is 6.99. The number of alkyl halides is 2. The van der Waals surface area contributed by atoms with Crippen LogP contribution in [0.4, 0.5) is 17.6 Å². The van der Waals surface area contributed by atoms with Crippen LogP contribution in [-0.2, 0) is 5.92 Å². The molecule has 3 aromatic heterocycles. The molecule has 0 fully saturated rings. The molecule has 170 valence electrons. The van der Waals surface area contributed by atoms with Gasteiger partial charge in [-0.15, -0.1) is 4.80 Å². The first-order valence-corrected chi connectivity index (χ1v) is 9.61. The van der Waals surface area contributed by atoms with Crippen LogP contribution in [0.5, 0.6) is 5.88 Å². The number of pyridine rings is 2. The van der Waals surface area contributed by atoms with Crippen molar-refractivity contribution in [3.63, 3.8) is 0 Å². The Morgan fingerprint density at radius 3 is 2.47 bits per heavy atom. The van der Waals surface area contributed by atoms with E-state index in [2.05, 4.69) is 20.2 Å². The highest BCUT2D eigenvalue weighted by molar-refractivity contribution is 5.97. The number of nitrogens with zero attached hydrogens (tertiary/aromatic N) is 6. The topological polar surface area (TPSA) is 86.0 Å². The molecule has 0 spiro atoms. The summed E-state index contributed by atoms with van der Waals surface area (Å²) in [5, 5.41) is 7.84. The Morgan fingerprint density at radius 1 is 1.19 bits per heavy atom. The zero-order chi connectivity index (χ0) is 23.5. The molecule has 1 amide bonds. The fraction of sp³-hybridized carbons (Fsp3) is 0.350. The maximum absolute atomic E-state index is 14.1. The molecule has 0 aliphatic carbocycles. The van der Waals surface area contributed by atoms with E-state index in [4.69, 9.17) is 4.74 Å². The highest BCUT2D eigenvalue weighted by atomic mass is 19.3. The minimum absolute atomic E-state index is 0.0387. The highest BCUT2D eigenvalue weighted by Crippen LogP contribution is 2.28. The number of likely N-dealkylation sites (N-methyl/N-ethyl adjacent to an activating group) is 1. The summed E-state index contributed by atoms with van der Waals surface area (Å²) < 4.78 is 59.9. The summed E-state index contributed by atoms with van der Waals surface area (Å²) in [5.74, 6) is -6.02. The molecule has 0 aliphatic rings. The van der Waals surface area contributed by atoms with E-state index in [1.165, 1.54) is 17.3 Å². The summed E-state index contributed by atoms with van der Waals surface area (Å²) in [6, 6.07) is 1.06. The van der Waals surface area contributed by atoms with E-state index in [1.54, 1.807) is 13.8 Å². The third-order valence-corrected chi connectivity index (χ3v) is 4.58. The van der Waals surface area contributed by atoms with Crippen LogP contribution in [0.25, 0.3) is 5.82 Å². The van der Waals surface area contributed by atoms with Crippen LogP contribution < -0.4 is 4.74 Å². The first-order chi connectivity index (χ1) is 15.1. The van der Waals surface area contributed by atoms with Crippen molar-refractivity contribution in [2.45, 2.75) is 32.7 Å². The molecule has 0 aliphatic heterocycles. The van der Waals surface area contributed by atoms with Crippen LogP contribution >= 0.6 is 0 Å². The maximum Gasteiger partial charge on any atom is 0.272 e. The molecule has 0 unspecified atom stereocenters. The Hall–Kier alpha value is -3.57. The van der Waals surface area contributed by atoms with Gasteiger partial charge in [-0.1, -0.05) is 0 Å². The fourth-order valence-corrected chi connectivity index (χ4v) is 2.95. The minimum atomic E-state index is -3.24. The van der Waals surface area contributed by atoms with Gasteiger partial charge < -0.3 is 9.64 Å². The van der Waals surface area contributed by atoms with Gasteiger partial charge in [0.05, 0.1) is 30.2 Å². The third kappa shape index (κ3) is 5.01. The molecule has 3 aromatic rings. The lowest BCUT2D eigenvalue weighted by atomic mass is 10.1. The summed E-state index contributed by atoms with van der Waals surface area (Å²) >= 11 is 0. The second kappa shape index (κ2) is 9.28. The molecule has 1 atom stereocenters. The summed E-state index contributed by atoms with van der Waals surface area (Å²) in [4.78, 5) is 23.1. The van der Waals surface area contributed by atoms with Gasteiger partial charge >= 0.3 is 0 Å². The van der Waals surface area contributed by atoms with Crippen LogP contribution in [-0.4, -0.2) is 55.0 Å². The number of amides is 1. The van der Waals surface area contributed by atoms with Gasteiger partial charge in [0.1, 0.15) is 12.4 Å². The number of hydrogen-bond acceptors (Lipinski definition) is 6. The van der Waals surface area contributed by atoms with E-state index in [0.717, 1.165) is 23.3 Å². The predicted molar refractivity (Wildman–Crippen MR) is 105 cm³/mol. The van der Waals surface area contributed by atoms with Gasteiger partial charge in [-0.05, 0) is 26.0 Å². The normalized spacial score (nSPS) is 12.5. The van der Waals surface area contributed by atoms with Gasteiger partial charge in [0.25, 0.3) is 11.8 Å². The predicted octanol–water partition coefficient (Wildman–Crippen LogP) is 3.38. The van der Waals surface area contributed by atoms with Crippen molar-refractivity contribution < 1.29 is 27.1 Å². The smallest absolute Gasteiger partial charge is 0.272 e. The van der Waals surface area contributed by atoms with Gasteiger partial charge in [0.15, 0.2) is 11.6 Å². The number of rotatable bonds is 8. The van der Waals surface area contributed by atoms with Gasteiger partial charge in [0.2, 0.25) is 5.88 Å². The Labute approximate surface area is 180 Å². The molecule has 12 heteroatoms. The lowest BCUT2D eigenvalue weighted by Gasteiger charge is -2.28. The zero-order valence-electron chi connectivity index (χ0n) is 17.5. The average molecular weight is 452 g/mol. The molecule has 3 heterocycles. The fourth-order valence-electron chi connectivity index (χ4n) is 2.95. The van der Waals surface area contributed by atoms with E-state index in [9.17, 15) is 22.4 Å². The van der Waals surface area contributed by atoms with Crippen LogP contribution in [0.1, 0.15) is 36.7 Å². The van der Waals surface area contributed by atoms with Crippen molar-refractivity contribution in [1.29, 1.82) is 0 Å². The van der Waals surface area contributed by atoms with Crippen molar-refractivity contribution in [2.75, 3.05) is 13.2 Å². The largest absolute Gasteiger partial charge is 0.473 e. The molecule has 0 aromatic carbocycles. The van der Waals surface area contributed by atoms with Crippen LogP contribution in [0.3, 0.4) is 0 Å². The quantitative estimate of drug-likeness (QED) is 0.487. The van der Waals surface area contributed by atoms with Crippen LogP contribution in [0, 0.1) is 11.6 Å². The standard InChI is InChI=1S/C20H20F4N6O2/c1-4-29(12(2)11-32-18-16(22)7-13(9-26-18)20(3,23)24)19(31)15-8-14(21)10-25-17(15)30-27-5-6-28-30/h5-10,12H,4,11H2,1-3H3/t12-/m0/s1. The van der Waals surface area contributed by atoms with Crippen LogP contribution in [0.2, 0.25) is 0 Å². The molecule has 32 heavy (non-hydrogen) atoms. The van der Waals surface area contributed by atoms with Gasteiger partial charge in [-0.2, -0.15) is 10.2 Å². The molecular formula is C20H20F4N6O2. The number of carbonyl (C=O) groups is 1. The van der Waals surface area contributed by atoms with Gasteiger partial charge in [0, 0.05) is 25.2 Å². The number of carbonyl (C=O) groups excluding carboxylic acids is 1. The van der Waals surface area contributed by atoms with Crippen molar-refractivity contribution >= 4 is 5.91 Å². The minimum Gasteiger partial charge on any atom is -0.473 e. The summed E-state index contributed by atoms with van der Waals surface area (Å²) in [7, 11) is 0. The Morgan fingerprint density at radius 2 is 1.88 bits per heavy atom. The van der Waals surface area contributed by atoms with Crippen molar-refractivity contribution in [3.05, 3.63) is 59.7 Å². The van der Waals surface area contributed by atoms with E-state index in [1.807, 2.05) is 0 Å². The van der Waals surface area contributed by atoms with Crippen molar-refractivity contribution in [2.24, 2.45) is 0 Å². The van der Waals surface area contributed by atoms with Crippen molar-refractivity contribution in [3.8, 4) is 11.7 Å². The molecule has 3 rings (SSSR count). The Kier molecular flexibility index (Phi) is 6.70. The molecule has 0 saturated heterocycles. The SMILES string of the molecule is CCN(C(=O)c1cc(F)cnc1-n1nccn1)[C@@H](C)COc1ncc(C(C)(F)F)cc1F. The third-order valence-electron chi connectivity index (χ3n) is 4.58. The lowest BCUT2D eigenvalue weighted by Crippen LogP contribution is -2.42. The lowest BCUT2D eigenvalue weighted by molar-refractivity contribution is 0.0165. The number of aromatic nitrogens is 5. The first-order valence-electron chi connectivity index (χ1n) is 9.61. The monoisotopic (exact) mass is 452 g/mol. The summed E-state index contributed by atoms with van der Waals surface area (Å²) in [5.41, 5.74) is -0.659. The molecule has 0 radical (unpaired) electrons. The first kappa shape index (κ1) is 23.1. The van der Waals surface area contributed by atoms with E-state index in [-0.39, 0.29) is 24.5 Å². The van der Waals surface area contributed by atoms with Crippen molar-refractivity contribution in [1.82, 2.24) is 29.9 Å². The molecule has 8 nitrogen and oxygen atoms in total. The molecular weight excluding hydrogens is 432 g/mol. The van der Waals surface area contributed by atoms with E-state index >= 15 is 0 Å². The van der Waals surface area contributed by atoms with Gasteiger partial charge in [-0.3, -0.25) is 4.79 Å². The molecule has 0 bridgehead atoms. The Bertz CT molecular complexity index is 1090. The maximum atomic E-state index is 14.1. The summed E-state index contributed by atoms with van der Waals surface area (Å²) in [6.07, 6.45) is 4.53. The van der Waals surface area contributed by atoms with E-state index in [0.29, 0.717) is 13.0 Å². The van der Waals surface area contributed by atoms with E-state index < -0.39 is 40.9 Å². The highest BCUT2D eigenvalue weighted by Gasteiger charge is 2.28. The number of ether oxygens (including phenoxy) is 1. The van der Waals surface area contributed by atoms with Gasteiger partial charge in [-0.25, -0.2) is 27.5 Å². The molecule has 0 N–H and O–H groups in total. The number of hydrogen-bond donors (Lipinski definition) is 0. The number of halogens is 4. The molecule has 0 saturated carbocycles.